The lowest BCUT2D eigenvalue weighted by atomic mass is 9.79. The minimum Gasteiger partial charge on any atom is -0.381 e. The fourth-order valence-corrected chi connectivity index (χ4v) is 5.81. The van der Waals surface area contributed by atoms with Crippen LogP contribution in [0.25, 0.3) is 0 Å². The summed E-state index contributed by atoms with van der Waals surface area (Å²) in [5.41, 5.74) is 1.35. The van der Waals surface area contributed by atoms with Crippen molar-refractivity contribution in [1.82, 2.24) is 0 Å². The predicted octanol–water partition coefficient (Wildman–Crippen LogP) is 5.98. The van der Waals surface area contributed by atoms with Crippen LogP contribution in [0.1, 0.15) is 91.9 Å². The van der Waals surface area contributed by atoms with Crippen LogP contribution in [-0.2, 0) is 9.47 Å². The molecule has 25 heavy (non-hydrogen) atoms. The van der Waals surface area contributed by atoms with Crippen molar-refractivity contribution >= 4 is 0 Å². The third-order valence-electron chi connectivity index (χ3n) is 8.22. The standard InChI is InChI=1S/C23H40O2/c1-21(2,9-5-6-17-7-10-22(3)14-19(22)12-17)16-24-15-18-8-11-23(4)20(13-18)25-23/h17-20H,5-16H2,1-4H3. The van der Waals surface area contributed by atoms with Crippen LogP contribution in [0.2, 0.25) is 0 Å². The molecular formula is C23H40O2. The normalized spacial score (nSPS) is 45.6. The molecule has 4 aliphatic rings. The maximum atomic E-state index is 6.16. The molecule has 6 atom stereocenters. The van der Waals surface area contributed by atoms with E-state index in [-0.39, 0.29) is 5.60 Å². The quantitative estimate of drug-likeness (QED) is 0.503. The Labute approximate surface area is 155 Å². The largest absolute Gasteiger partial charge is 0.381 e. The molecule has 1 aliphatic heterocycles. The number of ether oxygens (including phenoxy) is 2. The van der Waals surface area contributed by atoms with Gasteiger partial charge in [0.25, 0.3) is 0 Å². The second-order valence-corrected chi connectivity index (χ2v) is 11.3. The first-order chi connectivity index (χ1) is 11.8. The number of hydrogen-bond donors (Lipinski definition) is 0. The summed E-state index contributed by atoms with van der Waals surface area (Å²) in [6, 6.07) is 0. The van der Waals surface area contributed by atoms with Gasteiger partial charge in [0.15, 0.2) is 0 Å². The van der Waals surface area contributed by atoms with E-state index >= 15 is 0 Å². The number of hydrogen-bond acceptors (Lipinski definition) is 2. The Morgan fingerprint density at radius 3 is 2.64 bits per heavy atom. The molecule has 0 amide bonds. The average Bonchev–Trinajstić information content (AvgIpc) is 3.40. The molecule has 1 saturated heterocycles. The summed E-state index contributed by atoms with van der Waals surface area (Å²) >= 11 is 0. The highest BCUT2D eigenvalue weighted by molar-refractivity contribution is 5.03. The molecule has 4 fully saturated rings. The summed E-state index contributed by atoms with van der Waals surface area (Å²) in [7, 11) is 0. The van der Waals surface area contributed by atoms with Crippen LogP contribution in [0, 0.1) is 28.6 Å². The third kappa shape index (κ3) is 4.26. The monoisotopic (exact) mass is 348 g/mol. The second kappa shape index (κ2) is 6.51. The highest BCUT2D eigenvalue weighted by Gasteiger charge is 2.55. The SMILES string of the molecule is CC(C)(CCCC1CCC2(C)CC2C1)COCC1CCC2(C)OC2C1. The minimum absolute atomic E-state index is 0.243. The lowest BCUT2D eigenvalue weighted by Crippen LogP contribution is -2.27. The van der Waals surface area contributed by atoms with Gasteiger partial charge in [-0.25, -0.2) is 0 Å². The van der Waals surface area contributed by atoms with E-state index in [1.54, 1.807) is 0 Å². The Bertz CT molecular complexity index is 444. The van der Waals surface area contributed by atoms with E-state index in [1.807, 2.05) is 0 Å². The van der Waals surface area contributed by atoms with Gasteiger partial charge in [0.05, 0.1) is 18.3 Å². The molecule has 6 unspecified atom stereocenters. The number of fused-ring (bicyclic) bond motifs is 2. The predicted molar refractivity (Wildman–Crippen MR) is 103 cm³/mol. The summed E-state index contributed by atoms with van der Waals surface area (Å²) in [4.78, 5) is 0. The Morgan fingerprint density at radius 1 is 1.08 bits per heavy atom. The summed E-state index contributed by atoms with van der Waals surface area (Å²) in [6.07, 6.45) is 14.5. The highest BCUT2D eigenvalue weighted by atomic mass is 16.6. The van der Waals surface area contributed by atoms with E-state index < -0.39 is 0 Å². The van der Waals surface area contributed by atoms with Crippen molar-refractivity contribution in [1.29, 1.82) is 0 Å². The average molecular weight is 349 g/mol. The van der Waals surface area contributed by atoms with Crippen LogP contribution in [0.4, 0.5) is 0 Å². The smallest absolute Gasteiger partial charge is 0.0920 e. The maximum Gasteiger partial charge on any atom is 0.0920 e. The van der Waals surface area contributed by atoms with E-state index in [0.29, 0.717) is 11.5 Å². The fourth-order valence-electron chi connectivity index (χ4n) is 5.81. The van der Waals surface area contributed by atoms with Crippen LogP contribution >= 0.6 is 0 Å². The van der Waals surface area contributed by atoms with Crippen molar-refractivity contribution in [2.45, 2.75) is 104 Å². The lowest BCUT2D eigenvalue weighted by molar-refractivity contribution is 0.0277. The van der Waals surface area contributed by atoms with Crippen LogP contribution in [0.5, 0.6) is 0 Å². The summed E-state index contributed by atoms with van der Waals surface area (Å²) in [6.45, 7) is 11.5. The van der Waals surface area contributed by atoms with Crippen molar-refractivity contribution in [2.24, 2.45) is 28.6 Å². The first-order valence-corrected chi connectivity index (χ1v) is 11.0. The van der Waals surface area contributed by atoms with Crippen LogP contribution in [0.15, 0.2) is 0 Å². The van der Waals surface area contributed by atoms with E-state index in [1.165, 1.54) is 64.2 Å². The zero-order chi connectivity index (χ0) is 17.7. The molecule has 2 nitrogen and oxygen atoms in total. The number of epoxide rings is 1. The van der Waals surface area contributed by atoms with Crippen molar-refractivity contribution in [3.8, 4) is 0 Å². The van der Waals surface area contributed by atoms with Gasteiger partial charge in [0, 0.05) is 6.61 Å². The van der Waals surface area contributed by atoms with Crippen molar-refractivity contribution in [2.75, 3.05) is 13.2 Å². The van der Waals surface area contributed by atoms with Gasteiger partial charge in [-0.05, 0) is 86.9 Å². The van der Waals surface area contributed by atoms with Crippen LogP contribution in [0.3, 0.4) is 0 Å². The topological polar surface area (TPSA) is 21.8 Å². The van der Waals surface area contributed by atoms with Gasteiger partial charge >= 0.3 is 0 Å². The molecule has 4 rings (SSSR count). The van der Waals surface area contributed by atoms with Gasteiger partial charge in [-0.1, -0.05) is 33.6 Å². The highest BCUT2D eigenvalue weighted by Crippen LogP contribution is 2.62. The van der Waals surface area contributed by atoms with Gasteiger partial charge in [0.2, 0.25) is 0 Å². The molecule has 0 spiro atoms. The van der Waals surface area contributed by atoms with Crippen LogP contribution in [-0.4, -0.2) is 24.9 Å². The van der Waals surface area contributed by atoms with Crippen LogP contribution < -0.4 is 0 Å². The Balaban J connectivity index is 1.09. The molecule has 0 aromatic carbocycles. The fraction of sp³-hybridized carbons (Fsp3) is 1.00. The zero-order valence-electron chi connectivity index (χ0n) is 17.1. The molecule has 0 aromatic heterocycles. The van der Waals surface area contributed by atoms with Gasteiger partial charge in [-0.2, -0.15) is 0 Å². The van der Waals surface area contributed by atoms with E-state index in [4.69, 9.17) is 9.47 Å². The van der Waals surface area contributed by atoms with Gasteiger partial charge in [-0.3, -0.25) is 0 Å². The van der Waals surface area contributed by atoms with Crippen molar-refractivity contribution in [3.63, 3.8) is 0 Å². The molecule has 2 heteroatoms. The lowest BCUT2D eigenvalue weighted by Gasteiger charge is -2.29. The molecule has 0 N–H and O–H groups in total. The summed E-state index contributed by atoms with van der Waals surface area (Å²) in [5.74, 6) is 2.83. The Morgan fingerprint density at radius 2 is 1.88 bits per heavy atom. The van der Waals surface area contributed by atoms with E-state index in [0.717, 1.165) is 36.4 Å². The maximum absolute atomic E-state index is 6.16. The van der Waals surface area contributed by atoms with Crippen molar-refractivity contribution < 1.29 is 9.47 Å². The van der Waals surface area contributed by atoms with Crippen molar-refractivity contribution in [3.05, 3.63) is 0 Å². The third-order valence-corrected chi connectivity index (χ3v) is 8.22. The summed E-state index contributed by atoms with van der Waals surface area (Å²) < 4.78 is 12.0. The first kappa shape index (κ1) is 18.3. The molecule has 0 bridgehead atoms. The minimum atomic E-state index is 0.243. The second-order valence-electron chi connectivity index (χ2n) is 11.3. The first-order valence-electron chi connectivity index (χ1n) is 11.0. The zero-order valence-corrected chi connectivity index (χ0v) is 17.1. The molecule has 144 valence electrons. The molecule has 3 saturated carbocycles. The van der Waals surface area contributed by atoms with Gasteiger partial charge in [-0.15, -0.1) is 0 Å². The molecule has 1 heterocycles. The van der Waals surface area contributed by atoms with E-state index in [2.05, 4.69) is 27.7 Å². The number of rotatable bonds is 8. The Hall–Kier alpha value is -0.0800. The van der Waals surface area contributed by atoms with Gasteiger partial charge < -0.3 is 9.47 Å². The summed E-state index contributed by atoms with van der Waals surface area (Å²) in [5, 5.41) is 0. The molecule has 0 aromatic rings. The Kier molecular flexibility index (Phi) is 4.77. The van der Waals surface area contributed by atoms with Gasteiger partial charge in [0.1, 0.15) is 0 Å². The molecular weight excluding hydrogens is 308 g/mol. The molecule has 0 radical (unpaired) electrons. The molecule has 3 aliphatic carbocycles. The van der Waals surface area contributed by atoms with E-state index in [9.17, 15) is 0 Å².